The van der Waals surface area contributed by atoms with Gasteiger partial charge in [-0.3, -0.25) is 4.79 Å². The fourth-order valence-corrected chi connectivity index (χ4v) is 2.25. The zero-order valence-corrected chi connectivity index (χ0v) is 16.0. The van der Waals surface area contributed by atoms with E-state index in [1.807, 2.05) is 6.92 Å². The van der Waals surface area contributed by atoms with E-state index in [9.17, 15) is 18.4 Å². The van der Waals surface area contributed by atoms with Crippen LogP contribution in [0.15, 0.2) is 42.5 Å². The van der Waals surface area contributed by atoms with Crippen LogP contribution >= 0.6 is 0 Å². The zero-order valence-electron chi connectivity index (χ0n) is 16.0. The Hall–Kier alpha value is -3.42. The second-order valence-electron chi connectivity index (χ2n) is 5.87. The average molecular weight is 405 g/mol. The zero-order chi connectivity index (χ0) is 21.2. The van der Waals surface area contributed by atoms with Gasteiger partial charge in [-0.15, -0.1) is 0 Å². The molecule has 0 saturated heterocycles. The van der Waals surface area contributed by atoms with E-state index in [0.29, 0.717) is 23.7 Å². The number of benzene rings is 2. The van der Waals surface area contributed by atoms with Crippen LogP contribution in [-0.4, -0.2) is 32.2 Å². The SMILES string of the molecule is CCCOc1ccc(/C=C/C(=O)OCC(=O)Nc2cc(F)ccc2F)cc1OC. The average Bonchev–Trinajstić information content (AvgIpc) is 2.72. The predicted molar refractivity (Wildman–Crippen MR) is 104 cm³/mol. The van der Waals surface area contributed by atoms with Crippen LogP contribution in [0.5, 0.6) is 11.5 Å². The molecule has 2 rings (SSSR count). The number of amides is 1. The monoisotopic (exact) mass is 405 g/mol. The van der Waals surface area contributed by atoms with Crippen molar-refractivity contribution >= 4 is 23.6 Å². The lowest BCUT2D eigenvalue weighted by atomic mass is 10.2. The minimum Gasteiger partial charge on any atom is -0.493 e. The molecule has 0 saturated carbocycles. The van der Waals surface area contributed by atoms with E-state index < -0.39 is 30.1 Å². The van der Waals surface area contributed by atoms with E-state index in [1.54, 1.807) is 18.2 Å². The molecule has 0 bridgehead atoms. The molecule has 0 fully saturated rings. The maximum atomic E-state index is 13.5. The second-order valence-corrected chi connectivity index (χ2v) is 5.87. The number of nitrogens with one attached hydrogen (secondary N) is 1. The molecule has 0 aliphatic rings. The Bertz CT molecular complexity index is 899. The fourth-order valence-electron chi connectivity index (χ4n) is 2.25. The highest BCUT2D eigenvalue weighted by molar-refractivity contribution is 5.94. The first-order valence-corrected chi connectivity index (χ1v) is 8.83. The molecule has 0 heterocycles. The third kappa shape index (κ3) is 6.91. The Kier molecular flexibility index (Phi) is 8.14. The van der Waals surface area contributed by atoms with Gasteiger partial charge in [0.05, 0.1) is 19.4 Å². The van der Waals surface area contributed by atoms with Crippen LogP contribution in [0, 0.1) is 11.6 Å². The lowest BCUT2D eigenvalue weighted by molar-refractivity contribution is -0.142. The lowest BCUT2D eigenvalue weighted by Gasteiger charge is -2.10. The molecule has 0 radical (unpaired) electrons. The topological polar surface area (TPSA) is 73.9 Å². The van der Waals surface area contributed by atoms with E-state index in [2.05, 4.69) is 5.32 Å². The lowest BCUT2D eigenvalue weighted by Crippen LogP contribution is -2.20. The normalized spacial score (nSPS) is 10.6. The van der Waals surface area contributed by atoms with Crippen molar-refractivity contribution in [3.63, 3.8) is 0 Å². The Morgan fingerprint density at radius 2 is 1.90 bits per heavy atom. The van der Waals surface area contributed by atoms with Gasteiger partial charge in [0.1, 0.15) is 11.6 Å². The van der Waals surface area contributed by atoms with Crippen molar-refractivity contribution in [1.29, 1.82) is 0 Å². The molecule has 0 aromatic heterocycles. The first-order chi connectivity index (χ1) is 13.9. The number of hydrogen-bond acceptors (Lipinski definition) is 5. The van der Waals surface area contributed by atoms with Crippen molar-refractivity contribution in [2.75, 3.05) is 25.6 Å². The van der Waals surface area contributed by atoms with Crippen LogP contribution in [0.1, 0.15) is 18.9 Å². The van der Waals surface area contributed by atoms with Gasteiger partial charge in [0.15, 0.2) is 18.1 Å². The van der Waals surface area contributed by atoms with Crippen LogP contribution in [0.4, 0.5) is 14.5 Å². The maximum absolute atomic E-state index is 13.5. The Morgan fingerprint density at radius 3 is 2.62 bits per heavy atom. The molecule has 6 nitrogen and oxygen atoms in total. The molecule has 0 aliphatic heterocycles. The van der Waals surface area contributed by atoms with Crippen molar-refractivity contribution in [3.8, 4) is 11.5 Å². The molecule has 0 spiro atoms. The van der Waals surface area contributed by atoms with Gasteiger partial charge in [-0.2, -0.15) is 0 Å². The predicted octanol–water partition coefficient (Wildman–Crippen LogP) is 3.96. The Labute approximate surface area is 167 Å². The summed E-state index contributed by atoms with van der Waals surface area (Å²) in [6, 6.07) is 7.78. The van der Waals surface area contributed by atoms with Gasteiger partial charge in [0.25, 0.3) is 5.91 Å². The van der Waals surface area contributed by atoms with Crippen LogP contribution in [0.25, 0.3) is 6.08 Å². The summed E-state index contributed by atoms with van der Waals surface area (Å²) in [6.45, 7) is 1.90. The molecular formula is C21H21F2NO5. The number of methoxy groups -OCH3 is 1. The highest BCUT2D eigenvalue weighted by Crippen LogP contribution is 2.28. The second kappa shape index (κ2) is 10.8. The number of esters is 1. The third-order valence-electron chi connectivity index (χ3n) is 3.61. The summed E-state index contributed by atoms with van der Waals surface area (Å²) >= 11 is 0. The smallest absolute Gasteiger partial charge is 0.331 e. The number of carbonyl (C=O) groups excluding carboxylic acids is 2. The molecule has 8 heteroatoms. The number of carbonyl (C=O) groups is 2. The number of anilines is 1. The van der Waals surface area contributed by atoms with Gasteiger partial charge in [-0.1, -0.05) is 13.0 Å². The summed E-state index contributed by atoms with van der Waals surface area (Å²) < 4.78 is 42.2. The first kappa shape index (κ1) is 21.9. The van der Waals surface area contributed by atoms with Crippen molar-refractivity contribution in [1.82, 2.24) is 0 Å². The molecule has 0 unspecified atom stereocenters. The fraction of sp³-hybridized carbons (Fsp3) is 0.238. The third-order valence-corrected chi connectivity index (χ3v) is 3.61. The first-order valence-electron chi connectivity index (χ1n) is 8.83. The molecular weight excluding hydrogens is 384 g/mol. The summed E-state index contributed by atoms with van der Waals surface area (Å²) in [5, 5.41) is 2.13. The molecule has 154 valence electrons. The van der Waals surface area contributed by atoms with E-state index in [-0.39, 0.29) is 5.69 Å². The molecule has 1 N–H and O–H groups in total. The number of halogens is 2. The molecule has 2 aromatic carbocycles. The van der Waals surface area contributed by atoms with E-state index in [1.165, 1.54) is 13.2 Å². The molecule has 0 atom stereocenters. The van der Waals surface area contributed by atoms with E-state index >= 15 is 0 Å². The highest BCUT2D eigenvalue weighted by atomic mass is 19.1. The van der Waals surface area contributed by atoms with Crippen LogP contribution in [-0.2, 0) is 14.3 Å². The van der Waals surface area contributed by atoms with Gasteiger partial charge in [0, 0.05) is 12.1 Å². The van der Waals surface area contributed by atoms with Gasteiger partial charge in [-0.05, 0) is 42.3 Å². The number of ether oxygens (including phenoxy) is 3. The van der Waals surface area contributed by atoms with Crippen molar-refractivity contribution in [2.45, 2.75) is 13.3 Å². The van der Waals surface area contributed by atoms with Crippen molar-refractivity contribution < 1.29 is 32.6 Å². The quantitative estimate of drug-likeness (QED) is 0.505. The van der Waals surface area contributed by atoms with Gasteiger partial charge < -0.3 is 19.5 Å². The minimum atomic E-state index is -0.800. The molecule has 29 heavy (non-hydrogen) atoms. The summed E-state index contributed by atoms with van der Waals surface area (Å²) in [5.74, 6) is -1.96. The van der Waals surface area contributed by atoms with Crippen LogP contribution < -0.4 is 14.8 Å². The van der Waals surface area contributed by atoms with E-state index in [4.69, 9.17) is 14.2 Å². The molecule has 1 amide bonds. The minimum absolute atomic E-state index is 0.334. The Balaban J connectivity index is 1.89. The van der Waals surface area contributed by atoms with Crippen LogP contribution in [0.2, 0.25) is 0 Å². The van der Waals surface area contributed by atoms with Gasteiger partial charge in [0.2, 0.25) is 0 Å². The molecule has 2 aromatic rings. The number of rotatable bonds is 9. The maximum Gasteiger partial charge on any atom is 0.331 e. The van der Waals surface area contributed by atoms with Crippen LogP contribution in [0.3, 0.4) is 0 Å². The van der Waals surface area contributed by atoms with Gasteiger partial charge in [-0.25, -0.2) is 13.6 Å². The largest absolute Gasteiger partial charge is 0.493 e. The number of hydrogen-bond donors (Lipinski definition) is 1. The van der Waals surface area contributed by atoms with Gasteiger partial charge >= 0.3 is 5.97 Å². The summed E-state index contributed by atoms with van der Waals surface area (Å²) in [5.41, 5.74) is 0.327. The summed E-state index contributed by atoms with van der Waals surface area (Å²) in [6.07, 6.45) is 3.48. The van der Waals surface area contributed by atoms with Crippen molar-refractivity contribution in [2.24, 2.45) is 0 Å². The highest BCUT2D eigenvalue weighted by Gasteiger charge is 2.10. The Morgan fingerprint density at radius 1 is 1.10 bits per heavy atom. The molecule has 0 aliphatic carbocycles. The summed E-state index contributed by atoms with van der Waals surface area (Å²) in [4.78, 5) is 23.5. The summed E-state index contributed by atoms with van der Waals surface area (Å²) in [7, 11) is 1.51. The standard InChI is InChI=1S/C21H21F2NO5/c1-3-10-28-18-8-4-14(11-19(18)27-2)5-9-21(26)29-13-20(25)24-17-12-15(22)6-7-16(17)23/h4-9,11-12H,3,10,13H2,1-2H3,(H,24,25)/b9-5+. The van der Waals surface area contributed by atoms with E-state index in [0.717, 1.165) is 30.7 Å². The van der Waals surface area contributed by atoms with Crippen molar-refractivity contribution in [3.05, 3.63) is 59.7 Å².